The van der Waals surface area contributed by atoms with E-state index in [-0.39, 0.29) is 9.90 Å². The molecule has 0 aliphatic heterocycles. The number of esters is 1. The molecule has 1 aromatic rings. The predicted molar refractivity (Wildman–Crippen MR) is 45.7 cm³/mol. The van der Waals surface area contributed by atoms with Crippen molar-refractivity contribution in [3.05, 3.63) is 21.3 Å². The molecule has 1 heterocycles. The molecule has 1 rings (SSSR count). The van der Waals surface area contributed by atoms with Gasteiger partial charge in [0.05, 0.1) is 12.1 Å². The van der Waals surface area contributed by atoms with Gasteiger partial charge in [-0.1, -0.05) is 11.6 Å². The number of ketones is 1. The van der Waals surface area contributed by atoms with E-state index in [1.54, 1.807) is 11.4 Å². The van der Waals surface area contributed by atoms with Crippen LogP contribution in [0.5, 0.6) is 0 Å². The maximum atomic E-state index is 11.1. The van der Waals surface area contributed by atoms with Crippen LogP contribution < -0.4 is 0 Å². The Hall–Kier alpha value is -0.870. The Morgan fingerprint density at radius 3 is 2.67 bits per heavy atom. The van der Waals surface area contributed by atoms with Crippen molar-refractivity contribution >= 4 is 34.7 Å². The first-order valence-corrected chi connectivity index (χ1v) is 4.28. The number of rotatable bonds is 2. The molecular weight excluding hydrogens is 200 g/mol. The number of carbonyl (C=O) groups excluding carboxylic acids is 2. The van der Waals surface area contributed by atoms with Crippen molar-refractivity contribution in [2.75, 3.05) is 7.11 Å². The highest BCUT2D eigenvalue weighted by Crippen LogP contribution is 2.22. The molecule has 0 spiro atoms. The number of ether oxygens (including phenoxy) is 1. The Morgan fingerprint density at radius 2 is 2.25 bits per heavy atom. The number of methoxy groups -OCH3 is 1. The number of carbonyl (C=O) groups is 2. The molecule has 0 aliphatic carbocycles. The summed E-state index contributed by atoms with van der Waals surface area (Å²) >= 11 is 6.74. The summed E-state index contributed by atoms with van der Waals surface area (Å²) in [6.07, 6.45) is 0. The molecule has 3 nitrogen and oxygen atoms in total. The minimum absolute atomic E-state index is 0.225. The number of halogens is 1. The first kappa shape index (κ1) is 9.22. The van der Waals surface area contributed by atoms with E-state index >= 15 is 0 Å². The van der Waals surface area contributed by atoms with Crippen LogP contribution in [0.15, 0.2) is 11.4 Å². The van der Waals surface area contributed by atoms with Crippen LogP contribution in [-0.2, 0) is 9.53 Å². The van der Waals surface area contributed by atoms with Crippen molar-refractivity contribution in [2.45, 2.75) is 0 Å². The molecule has 0 amide bonds. The summed E-state index contributed by atoms with van der Waals surface area (Å²) < 4.78 is 4.25. The summed E-state index contributed by atoms with van der Waals surface area (Å²) in [7, 11) is 1.15. The summed E-state index contributed by atoms with van der Waals surface area (Å²) in [5.41, 5.74) is 0. The van der Waals surface area contributed by atoms with E-state index in [9.17, 15) is 9.59 Å². The fraction of sp³-hybridized carbons (Fsp3) is 0.143. The summed E-state index contributed by atoms with van der Waals surface area (Å²) in [6, 6.07) is 1.56. The van der Waals surface area contributed by atoms with Crippen LogP contribution in [-0.4, -0.2) is 18.9 Å². The SMILES string of the molecule is COC(=O)C(=O)c1sccc1Cl. The smallest absolute Gasteiger partial charge is 0.380 e. The molecular formula is C7H5ClO3S. The highest BCUT2D eigenvalue weighted by molar-refractivity contribution is 7.13. The quantitative estimate of drug-likeness (QED) is 0.419. The first-order chi connectivity index (χ1) is 5.66. The lowest BCUT2D eigenvalue weighted by Crippen LogP contribution is -2.14. The topological polar surface area (TPSA) is 43.4 Å². The average molecular weight is 205 g/mol. The maximum Gasteiger partial charge on any atom is 0.380 e. The van der Waals surface area contributed by atoms with E-state index in [0.29, 0.717) is 0 Å². The van der Waals surface area contributed by atoms with Gasteiger partial charge in [0, 0.05) is 0 Å². The van der Waals surface area contributed by atoms with Gasteiger partial charge in [0.15, 0.2) is 0 Å². The average Bonchev–Trinajstić information content (AvgIpc) is 2.48. The van der Waals surface area contributed by atoms with Crippen LogP contribution in [0.4, 0.5) is 0 Å². The van der Waals surface area contributed by atoms with E-state index in [4.69, 9.17) is 11.6 Å². The van der Waals surface area contributed by atoms with Crippen LogP contribution in [0.1, 0.15) is 9.67 Å². The van der Waals surface area contributed by atoms with Gasteiger partial charge in [0.1, 0.15) is 4.88 Å². The molecule has 1 aromatic heterocycles. The molecule has 0 saturated carbocycles. The Kier molecular flexibility index (Phi) is 2.83. The fourth-order valence-corrected chi connectivity index (χ4v) is 1.71. The molecule has 0 fully saturated rings. The zero-order chi connectivity index (χ0) is 9.14. The van der Waals surface area contributed by atoms with E-state index in [1.165, 1.54) is 0 Å². The second-order valence-corrected chi connectivity index (χ2v) is 3.24. The Labute approximate surface area is 77.9 Å². The second-order valence-electron chi connectivity index (χ2n) is 1.92. The van der Waals surface area contributed by atoms with Crippen LogP contribution in [0.2, 0.25) is 5.02 Å². The van der Waals surface area contributed by atoms with Crippen molar-refractivity contribution in [2.24, 2.45) is 0 Å². The van der Waals surface area contributed by atoms with E-state index in [2.05, 4.69) is 4.74 Å². The first-order valence-electron chi connectivity index (χ1n) is 3.02. The zero-order valence-electron chi connectivity index (χ0n) is 6.17. The van der Waals surface area contributed by atoms with Gasteiger partial charge in [-0.3, -0.25) is 4.79 Å². The zero-order valence-corrected chi connectivity index (χ0v) is 7.74. The van der Waals surface area contributed by atoms with Crippen LogP contribution in [0.25, 0.3) is 0 Å². The van der Waals surface area contributed by atoms with Gasteiger partial charge in [-0.05, 0) is 11.4 Å². The lowest BCUT2D eigenvalue weighted by atomic mass is 10.3. The van der Waals surface area contributed by atoms with Gasteiger partial charge in [-0.15, -0.1) is 11.3 Å². The van der Waals surface area contributed by atoms with Gasteiger partial charge in [-0.25, -0.2) is 4.79 Å². The predicted octanol–water partition coefficient (Wildman–Crippen LogP) is 1.76. The van der Waals surface area contributed by atoms with Crippen LogP contribution >= 0.6 is 22.9 Å². The van der Waals surface area contributed by atoms with Crippen molar-refractivity contribution < 1.29 is 14.3 Å². The summed E-state index contributed by atoms with van der Waals surface area (Å²) in [6.45, 7) is 0. The molecule has 0 aromatic carbocycles. The van der Waals surface area contributed by atoms with Crippen molar-refractivity contribution in [3.8, 4) is 0 Å². The lowest BCUT2D eigenvalue weighted by Gasteiger charge is -1.94. The van der Waals surface area contributed by atoms with Gasteiger partial charge in [0.25, 0.3) is 5.78 Å². The third kappa shape index (κ3) is 1.65. The number of Topliss-reactive ketones (excluding diaryl/α,β-unsaturated/α-hetero) is 1. The van der Waals surface area contributed by atoms with E-state index in [1.807, 2.05) is 0 Å². The number of hydrogen-bond donors (Lipinski definition) is 0. The highest BCUT2D eigenvalue weighted by atomic mass is 35.5. The standard InChI is InChI=1S/C7H5ClO3S/c1-11-7(10)5(9)6-4(8)2-3-12-6/h2-3H,1H3. The third-order valence-electron chi connectivity index (χ3n) is 1.19. The maximum absolute atomic E-state index is 11.1. The highest BCUT2D eigenvalue weighted by Gasteiger charge is 2.20. The van der Waals surface area contributed by atoms with Gasteiger partial charge in [-0.2, -0.15) is 0 Å². The van der Waals surface area contributed by atoms with Crippen LogP contribution in [0.3, 0.4) is 0 Å². The molecule has 5 heteroatoms. The minimum atomic E-state index is -0.889. The molecule has 0 saturated heterocycles. The van der Waals surface area contributed by atoms with E-state index in [0.717, 1.165) is 18.4 Å². The monoisotopic (exact) mass is 204 g/mol. The molecule has 0 radical (unpaired) electrons. The molecule has 12 heavy (non-hydrogen) atoms. The van der Waals surface area contributed by atoms with Gasteiger partial charge < -0.3 is 4.74 Å². The molecule has 0 aliphatic rings. The van der Waals surface area contributed by atoms with E-state index < -0.39 is 11.8 Å². The van der Waals surface area contributed by atoms with Crippen molar-refractivity contribution in [3.63, 3.8) is 0 Å². The lowest BCUT2D eigenvalue weighted by molar-refractivity contribution is -0.135. The Balaban J connectivity index is 2.93. The minimum Gasteiger partial charge on any atom is -0.463 e. The molecule has 64 valence electrons. The summed E-state index contributed by atoms with van der Waals surface area (Å²) in [5, 5.41) is 1.92. The molecule has 0 bridgehead atoms. The summed E-state index contributed by atoms with van der Waals surface area (Å²) in [5.74, 6) is -1.59. The fourth-order valence-electron chi connectivity index (χ4n) is 0.641. The summed E-state index contributed by atoms with van der Waals surface area (Å²) in [4.78, 5) is 22.1. The van der Waals surface area contributed by atoms with Crippen molar-refractivity contribution in [1.29, 1.82) is 0 Å². The Bertz CT molecular complexity index is 318. The molecule has 0 unspecified atom stereocenters. The molecule has 0 atom stereocenters. The van der Waals surface area contributed by atoms with Gasteiger partial charge >= 0.3 is 5.97 Å². The third-order valence-corrected chi connectivity index (χ3v) is 2.53. The number of thiophene rings is 1. The van der Waals surface area contributed by atoms with Gasteiger partial charge in [0.2, 0.25) is 0 Å². The van der Waals surface area contributed by atoms with Crippen LogP contribution in [0, 0.1) is 0 Å². The largest absolute Gasteiger partial charge is 0.463 e. The second kappa shape index (κ2) is 3.69. The Morgan fingerprint density at radius 1 is 1.58 bits per heavy atom. The van der Waals surface area contributed by atoms with Crippen molar-refractivity contribution in [1.82, 2.24) is 0 Å². The normalized spacial score (nSPS) is 9.50. The number of hydrogen-bond acceptors (Lipinski definition) is 4. The molecule has 0 N–H and O–H groups in total.